The van der Waals surface area contributed by atoms with E-state index in [-0.39, 0.29) is 12.1 Å². The van der Waals surface area contributed by atoms with Gasteiger partial charge in [0.05, 0.1) is 19.3 Å². The number of rotatable bonds is 3. The molecule has 1 fully saturated rings. The van der Waals surface area contributed by atoms with Crippen LogP contribution in [0.4, 0.5) is 0 Å². The number of hydrogen-bond donors (Lipinski definition) is 1. The van der Waals surface area contributed by atoms with Crippen LogP contribution < -0.4 is 10.5 Å². The van der Waals surface area contributed by atoms with E-state index in [2.05, 4.69) is 30.1 Å². The first-order chi connectivity index (χ1) is 9.74. The number of para-hydroxylation sites is 1. The topological polar surface area (TPSA) is 47.7 Å². The van der Waals surface area contributed by atoms with Gasteiger partial charge in [-0.25, -0.2) is 0 Å². The first-order valence-corrected chi connectivity index (χ1v) is 7.51. The molecule has 2 aliphatic heterocycles. The van der Waals surface area contributed by atoms with Crippen molar-refractivity contribution in [3.8, 4) is 5.75 Å². The summed E-state index contributed by atoms with van der Waals surface area (Å²) in [5, 5.41) is 0. The lowest BCUT2D eigenvalue weighted by atomic mass is 9.86. The van der Waals surface area contributed by atoms with Gasteiger partial charge in [-0.05, 0) is 37.4 Å². The van der Waals surface area contributed by atoms with E-state index in [9.17, 15) is 0 Å². The summed E-state index contributed by atoms with van der Waals surface area (Å²) in [7, 11) is 2.13. The Hall–Kier alpha value is -1.10. The Bertz CT molecular complexity index is 452. The molecule has 4 nitrogen and oxygen atoms in total. The quantitative estimate of drug-likeness (QED) is 0.911. The number of fused-ring (bicyclic) bond motifs is 1. The molecule has 2 aliphatic rings. The average molecular weight is 276 g/mol. The molecule has 3 atom stereocenters. The standard InChI is InChI=1S/C16H24N2O2/c1-18-7-9-20-16(11-18)14(17)10-12-6-8-19-15-5-3-2-4-13(12)15/h2-5,12,14,16H,6-11,17H2,1H3. The number of hydrogen-bond acceptors (Lipinski definition) is 4. The summed E-state index contributed by atoms with van der Waals surface area (Å²) in [5.41, 5.74) is 7.71. The molecule has 1 saturated heterocycles. The summed E-state index contributed by atoms with van der Waals surface area (Å²) in [5.74, 6) is 1.52. The molecule has 0 spiro atoms. The van der Waals surface area contributed by atoms with Crippen LogP contribution in [0.3, 0.4) is 0 Å². The second-order valence-corrected chi connectivity index (χ2v) is 5.94. The van der Waals surface area contributed by atoms with Gasteiger partial charge in [-0.1, -0.05) is 18.2 Å². The van der Waals surface area contributed by atoms with Crippen LogP contribution in [0.5, 0.6) is 5.75 Å². The van der Waals surface area contributed by atoms with Gasteiger partial charge in [0.1, 0.15) is 5.75 Å². The summed E-state index contributed by atoms with van der Waals surface area (Å²) in [6.45, 7) is 3.52. The smallest absolute Gasteiger partial charge is 0.122 e. The molecule has 3 rings (SSSR count). The summed E-state index contributed by atoms with van der Waals surface area (Å²) >= 11 is 0. The van der Waals surface area contributed by atoms with Crippen molar-refractivity contribution in [1.29, 1.82) is 0 Å². The molecule has 110 valence electrons. The van der Waals surface area contributed by atoms with Gasteiger partial charge in [0.15, 0.2) is 0 Å². The second kappa shape index (κ2) is 6.12. The molecule has 3 unspecified atom stereocenters. The highest BCUT2D eigenvalue weighted by molar-refractivity contribution is 5.37. The molecule has 2 N–H and O–H groups in total. The van der Waals surface area contributed by atoms with Gasteiger partial charge in [-0.15, -0.1) is 0 Å². The average Bonchev–Trinajstić information content (AvgIpc) is 2.47. The van der Waals surface area contributed by atoms with Gasteiger partial charge in [0, 0.05) is 19.1 Å². The monoisotopic (exact) mass is 276 g/mol. The van der Waals surface area contributed by atoms with Crippen LogP contribution in [-0.4, -0.2) is 50.4 Å². The summed E-state index contributed by atoms with van der Waals surface area (Å²) < 4.78 is 11.6. The maximum Gasteiger partial charge on any atom is 0.122 e. The third kappa shape index (κ3) is 2.97. The van der Waals surface area contributed by atoms with E-state index >= 15 is 0 Å². The van der Waals surface area contributed by atoms with Crippen molar-refractivity contribution in [1.82, 2.24) is 4.90 Å². The van der Waals surface area contributed by atoms with E-state index in [0.717, 1.165) is 44.9 Å². The zero-order chi connectivity index (χ0) is 13.9. The van der Waals surface area contributed by atoms with Crippen molar-refractivity contribution in [2.75, 3.05) is 33.4 Å². The lowest BCUT2D eigenvalue weighted by molar-refractivity contribution is -0.0346. The number of nitrogens with two attached hydrogens (primary N) is 1. The maximum absolute atomic E-state index is 6.41. The molecule has 0 aliphatic carbocycles. The minimum atomic E-state index is 0.0916. The van der Waals surface area contributed by atoms with Gasteiger partial charge in [-0.2, -0.15) is 0 Å². The molecule has 0 bridgehead atoms. The van der Waals surface area contributed by atoms with Crippen LogP contribution in [0.25, 0.3) is 0 Å². The minimum Gasteiger partial charge on any atom is -0.493 e. The SMILES string of the molecule is CN1CCOC(C(N)CC2CCOc3ccccc32)C1. The number of nitrogens with zero attached hydrogens (tertiary/aromatic N) is 1. The Morgan fingerprint density at radius 3 is 3.05 bits per heavy atom. The fourth-order valence-electron chi connectivity index (χ4n) is 3.21. The summed E-state index contributed by atoms with van der Waals surface area (Å²) in [4.78, 5) is 2.30. The highest BCUT2D eigenvalue weighted by atomic mass is 16.5. The van der Waals surface area contributed by atoms with Crippen molar-refractivity contribution >= 4 is 0 Å². The van der Waals surface area contributed by atoms with E-state index in [1.54, 1.807) is 0 Å². The third-order valence-corrected chi connectivity index (χ3v) is 4.41. The number of ether oxygens (including phenoxy) is 2. The summed E-state index contributed by atoms with van der Waals surface area (Å²) in [6, 6.07) is 8.42. The number of morpholine rings is 1. The minimum absolute atomic E-state index is 0.0916. The van der Waals surface area contributed by atoms with Crippen molar-refractivity contribution in [2.24, 2.45) is 5.73 Å². The van der Waals surface area contributed by atoms with Crippen LogP contribution in [0.15, 0.2) is 24.3 Å². The van der Waals surface area contributed by atoms with Crippen LogP contribution in [0.2, 0.25) is 0 Å². The molecule has 0 aromatic heterocycles. The number of likely N-dealkylation sites (N-methyl/N-ethyl adjacent to an activating group) is 1. The van der Waals surface area contributed by atoms with E-state index in [0.29, 0.717) is 5.92 Å². The molecule has 1 aromatic carbocycles. The normalized spacial score (nSPS) is 28.5. The zero-order valence-electron chi connectivity index (χ0n) is 12.1. The highest BCUT2D eigenvalue weighted by Gasteiger charge is 2.29. The molecule has 4 heteroatoms. The van der Waals surface area contributed by atoms with Crippen LogP contribution in [0.1, 0.15) is 24.3 Å². The Morgan fingerprint density at radius 1 is 1.35 bits per heavy atom. The molecule has 2 heterocycles. The predicted molar refractivity (Wildman–Crippen MR) is 79.1 cm³/mol. The zero-order valence-corrected chi connectivity index (χ0v) is 12.1. The first-order valence-electron chi connectivity index (χ1n) is 7.51. The van der Waals surface area contributed by atoms with E-state index in [1.165, 1.54) is 5.56 Å². The Kier molecular flexibility index (Phi) is 4.24. The van der Waals surface area contributed by atoms with Crippen molar-refractivity contribution in [3.63, 3.8) is 0 Å². The lowest BCUT2D eigenvalue weighted by Crippen LogP contribution is -2.49. The van der Waals surface area contributed by atoms with Crippen LogP contribution >= 0.6 is 0 Å². The van der Waals surface area contributed by atoms with Gasteiger partial charge in [0.2, 0.25) is 0 Å². The Labute approximate surface area is 120 Å². The summed E-state index contributed by atoms with van der Waals surface area (Å²) in [6.07, 6.45) is 2.18. The first kappa shape index (κ1) is 13.9. The van der Waals surface area contributed by atoms with E-state index < -0.39 is 0 Å². The second-order valence-electron chi connectivity index (χ2n) is 5.94. The Morgan fingerprint density at radius 2 is 2.20 bits per heavy atom. The van der Waals surface area contributed by atoms with E-state index in [4.69, 9.17) is 15.2 Å². The van der Waals surface area contributed by atoms with Gasteiger partial charge in [0.25, 0.3) is 0 Å². The van der Waals surface area contributed by atoms with Crippen LogP contribution in [0, 0.1) is 0 Å². The predicted octanol–water partition coefficient (Wildman–Crippen LogP) is 1.60. The fourth-order valence-corrected chi connectivity index (χ4v) is 3.21. The van der Waals surface area contributed by atoms with Crippen molar-refractivity contribution < 1.29 is 9.47 Å². The van der Waals surface area contributed by atoms with Crippen molar-refractivity contribution in [2.45, 2.75) is 30.9 Å². The molecular formula is C16H24N2O2. The van der Waals surface area contributed by atoms with E-state index in [1.807, 2.05) is 6.07 Å². The molecule has 0 saturated carbocycles. The fraction of sp³-hybridized carbons (Fsp3) is 0.625. The largest absolute Gasteiger partial charge is 0.493 e. The molecule has 1 aromatic rings. The van der Waals surface area contributed by atoms with Gasteiger partial charge >= 0.3 is 0 Å². The highest BCUT2D eigenvalue weighted by Crippen LogP contribution is 2.36. The lowest BCUT2D eigenvalue weighted by Gasteiger charge is -2.36. The number of benzene rings is 1. The molecular weight excluding hydrogens is 252 g/mol. The molecule has 0 radical (unpaired) electrons. The van der Waals surface area contributed by atoms with Crippen LogP contribution in [-0.2, 0) is 4.74 Å². The molecule has 0 amide bonds. The Balaban J connectivity index is 1.66. The van der Waals surface area contributed by atoms with Gasteiger partial charge in [-0.3, -0.25) is 0 Å². The van der Waals surface area contributed by atoms with Crippen molar-refractivity contribution in [3.05, 3.63) is 29.8 Å². The molecule has 20 heavy (non-hydrogen) atoms. The maximum atomic E-state index is 6.41. The third-order valence-electron chi connectivity index (χ3n) is 4.41. The van der Waals surface area contributed by atoms with Gasteiger partial charge < -0.3 is 20.1 Å².